The van der Waals surface area contributed by atoms with E-state index in [0.717, 1.165) is 16.8 Å². The first-order chi connectivity index (χ1) is 20.5. The molecule has 0 aliphatic carbocycles. The van der Waals surface area contributed by atoms with Gasteiger partial charge in [-0.2, -0.15) is 0 Å². The normalized spacial score (nSPS) is 20.8. The molecule has 5 rings (SSSR count). The van der Waals surface area contributed by atoms with Crippen molar-refractivity contribution in [2.24, 2.45) is 0 Å². The number of esters is 1. The maximum Gasteiger partial charge on any atom is 0.325 e. The number of piperazine rings is 1. The van der Waals surface area contributed by atoms with Crippen molar-refractivity contribution in [2.45, 2.75) is 32.0 Å². The molecule has 3 aromatic rings. The molecule has 2 aliphatic heterocycles. The summed E-state index contributed by atoms with van der Waals surface area (Å²) in [5.74, 6) is -1.47. The van der Waals surface area contributed by atoms with Gasteiger partial charge in [0.2, 0.25) is 5.79 Å². The molecular formula is C30H36ClN5O6. The second kappa shape index (κ2) is 14.0. The first kappa shape index (κ1) is 29.8. The van der Waals surface area contributed by atoms with E-state index in [2.05, 4.69) is 27.3 Å². The van der Waals surface area contributed by atoms with Crippen LogP contribution in [0, 0.1) is 0 Å². The summed E-state index contributed by atoms with van der Waals surface area (Å²) < 4.78 is 25.6. The van der Waals surface area contributed by atoms with E-state index < -0.39 is 11.8 Å². The minimum Gasteiger partial charge on any atom is -0.465 e. The number of rotatable bonds is 10. The van der Waals surface area contributed by atoms with E-state index in [9.17, 15) is 9.59 Å². The first-order valence-corrected chi connectivity index (χ1v) is 14.5. The van der Waals surface area contributed by atoms with Crippen LogP contribution in [0.5, 0.6) is 0 Å². The van der Waals surface area contributed by atoms with Crippen molar-refractivity contribution < 1.29 is 28.5 Å². The topological polar surface area (TPSA) is 107 Å². The number of halogens is 1. The highest BCUT2D eigenvalue weighted by Gasteiger charge is 2.41. The molecule has 0 spiro atoms. The lowest BCUT2D eigenvalue weighted by atomic mass is 10.0. The van der Waals surface area contributed by atoms with Gasteiger partial charge in [0, 0.05) is 54.8 Å². The number of imidazole rings is 1. The zero-order valence-electron chi connectivity index (χ0n) is 23.6. The monoisotopic (exact) mass is 597 g/mol. The van der Waals surface area contributed by atoms with Crippen molar-refractivity contribution >= 4 is 29.3 Å². The van der Waals surface area contributed by atoms with Gasteiger partial charge in [0.05, 0.1) is 39.3 Å². The Bertz CT molecular complexity index is 1310. The van der Waals surface area contributed by atoms with Crippen LogP contribution in [0.2, 0.25) is 5.02 Å². The lowest BCUT2D eigenvalue weighted by molar-refractivity contribution is -0.313. The lowest BCUT2D eigenvalue weighted by Gasteiger charge is -2.40. The largest absolute Gasteiger partial charge is 0.465 e. The fraction of sp³-hybridized carbons (Fsp3) is 0.433. The second-order valence-electron chi connectivity index (χ2n) is 10.1. The number of ether oxygens (including phenoxy) is 4. The minimum atomic E-state index is -1.04. The standard InChI is InChI=1S/C30H36ClN5O6/c1-2-39-28(37)17-33-29(38)36-15-13-35(14-16-36)24-9-7-23(8-10-24)18-40-25-19-41-30(42-20-25,21-34-12-11-32-22-34)26-5-3-4-6-27(26)31/h3-12,22,25H,2,13-21H2,1H3,(H,33,38)/t25-,30+. The highest BCUT2D eigenvalue weighted by atomic mass is 35.5. The Morgan fingerprint density at radius 3 is 2.48 bits per heavy atom. The van der Waals surface area contributed by atoms with E-state index in [1.165, 1.54) is 0 Å². The molecule has 0 radical (unpaired) electrons. The van der Waals surface area contributed by atoms with Crippen LogP contribution < -0.4 is 10.2 Å². The number of benzene rings is 2. The summed E-state index contributed by atoms with van der Waals surface area (Å²) in [5, 5.41) is 3.20. The van der Waals surface area contributed by atoms with Gasteiger partial charge in [0.1, 0.15) is 12.6 Å². The number of aromatic nitrogens is 2. The Kier molecular flexibility index (Phi) is 9.96. The molecule has 11 nitrogen and oxygen atoms in total. The molecule has 224 valence electrons. The van der Waals surface area contributed by atoms with Gasteiger partial charge in [0.15, 0.2) is 0 Å². The van der Waals surface area contributed by atoms with Gasteiger partial charge in [-0.3, -0.25) is 4.79 Å². The van der Waals surface area contributed by atoms with Crippen LogP contribution in [0.25, 0.3) is 0 Å². The summed E-state index contributed by atoms with van der Waals surface area (Å²) >= 11 is 6.53. The molecule has 2 amide bonds. The molecule has 3 heterocycles. The van der Waals surface area contributed by atoms with Gasteiger partial charge < -0.3 is 38.6 Å². The van der Waals surface area contributed by atoms with Crippen LogP contribution in [-0.4, -0.2) is 85.1 Å². The zero-order valence-corrected chi connectivity index (χ0v) is 24.4. The van der Waals surface area contributed by atoms with Crippen LogP contribution in [0.4, 0.5) is 10.5 Å². The number of hydrogen-bond donors (Lipinski definition) is 1. The molecule has 2 fully saturated rings. The Morgan fingerprint density at radius 1 is 1.07 bits per heavy atom. The van der Waals surface area contributed by atoms with E-state index in [1.54, 1.807) is 24.3 Å². The fourth-order valence-corrected chi connectivity index (χ4v) is 5.30. The number of hydrogen-bond acceptors (Lipinski definition) is 8. The number of anilines is 1. The average Bonchev–Trinajstić information content (AvgIpc) is 3.53. The lowest BCUT2D eigenvalue weighted by Crippen LogP contribution is -2.52. The highest BCUT2D eigenvalue weighted by Crippen LogP contribution is 2.37. The zero-order chi connectivity index (χ0) is 29.4. The molecule has 2 aliphatic rings. The molecule has 42 heavy (non-hydrogen) atoms. The SMILES string of the molecule is CCOC(=O)CNC(=O)N1CCN(c2ccc(CO[C@H]3CO[C@@](Cn4ccnc4)(c4ccccc4Cl)OC3)cc2)CC1. The summed E-state index contributed by atoms with van der Waals surface area (Å²) in [5.41, 5.74) is 2.89. The Morgan fingerprint density at radius 2 is 1.81 bits per heavy atom. The van der Waals surface area contributed by atoms with E-state index in [1.807, 2.05) is 47.2 Å². The average molecular weight is 598 g/mol. The highest BCUT2D eigenvalue weighted by molar-refractivity contribution is 6.31. The Hall–Kier alpha value is -3.64. The number of nitrogens with one attached hydrogen (secondary N) is 1. The van der Waals surface area contributed by atoms with Crippen molar-refractivity contribution in [1.82, 2.24) is 19.8 Å². The van der Waals surface area contributed by atoms with Crippen LogP contribution in [0.3, 0.4) is 0 Å². The minimum absolute atomic E-state index is 0.122. The van der Waals surface area contributed by atoms with Gasteiger partial charge in [0.25, 0.3) is 0 Å². The van der Waals surface area contributed by atoms with Crippen LogP contribution >= 0.6 is 11.6 Å². The number of nitrogens with zero attached hydrogens (tertiary/aromatic N) is 4. The smallest absolute Gasteiger partial charge is 0.325 e. The van der Waals surface area contributed by atoms with Gasteiger partial charge in [-0.25, -0.2) is 9.78 Å². The number of urea groups is 1. The maximum atomic E-state index is 12.3. The first-order valence-electron chi connectivity index (χ1n) is 14.1. The number of amides is 2. The summed E-state index contributed by atoms with van der Waals surface area (Å²) in [6.07, 6.45) is 5.08. The van der Waals surface area contributed by atoms with Crippen molar-refractivity contribution in [3.05, 3.63) is 83.4 Å². The summed E-state index contributed by atoms with van der Waals surface area (Å²) in [6, 6.07) is 15.5. The molecular weight excluding hydrogens is 562 g/mol. The van der Waals surface area contributed by atoms with Crippen molar-refractivity contribution in [3.8, 4) is 0 Å². The van der Waals surface area contributed by atoms with E-state index in [-0.39, 0.29) is 18.7 Å². The molecule has 2 aromatic carbocycles. The Labute approximate surface area is 250 Å². The molecule has 2 saturated heterocycles. The maximum absolute atomic E-state index is 12.3. The van der Waals surface area contributed by atoms with E-state index >= 15 is 0 Å². The van der Waals surface area contributed by atoms with E-state index in [4.69, 9.17) is 30.5 Å². The van der Waals surface area contributed by atoms with Crippen molar-refractivity contribution in [2.75, 3.05) is 57.4 Å². The van der Waals surface area contributed by atoms with Gasteiger partial charge >= 0.3 is 12.0 Å². The van der Waals surface area contributed by atoms with Gasteiger partial charge in [-0.1, -0.05) is 41.9 Å². The van der Waals surface area contributed by atoms with Crippen molar-refractivity contribution in [1.29, 1.82) is 0 Å². The second-order valence-corrected chi connectivity index (χ2v) is 10.5. The third-order valence-corrected chi connectivity index (χ3v) is 7.61. The summed E-state index contributed by atoms with van der Waals surface area (Å²) in [4.78, 5) is 31.9. The van der Waals surface area contributed by atoms with Gasteiger partial charge in [-0.15, -0.1) is 0 Å². The predicted molar refractivity (Wildman–Crippen MR) is 156 cm³/mol. The number of carbonyl (C=O) groups is 2. The summed E-state index contributed by atoms with van der Waals surface area (Å²) in [7, 11) is 0. The third-order valence-electron chi connectivity index (χ3n) is 7.28. The molecule has 12 heteroatoms. The van der Waals surface area contributed by atoms with Crippen LogP contribution in [0.15, 0.2) is 67.3 Å². The molecule has 0 bridgehead atoms. The summed E-state index contributed by atoms with van der Waals surface area (Å²) in [6.45, 7) is 5.99. The molecule has 1 aromatic heterocycles. The molecule has 0 saturated carbocycles. The fourth-order valence-electron chi connectivity index (χ4n) is 5.02. The van der Waals surface area contributed by atoms with E-state index in [0.29, 0.717) is 64.2 Å². The van der Waals surface area contributed by atoms with Gasteiger partial charge in [-0.05, 0) is 30.7 Å². The molecule has 1 N–H and O–H groups in total. The number of carbonyl (C=O) groups excluding carboxylic acids is 2. The molecule has 0 unspecified atom stereocenters. The third kappa shape index (κ3) is 7.40. The van der Waals surface area contributed by atoms with Crippen molar-refractivity contribution in [3.63, 3.8) is 0 Å². The predicted octanol–water partition coefficient (Wildman–Crippen LogP) is 3.42. The van der Waals surface area contributed by atoms with Crippen LogP contribution in [0.1, 0.15) is 18.1 Å². The van der Waals surface area contributed by atoms with Crippen LogP contribution in [-0.2, 0) is 42.7 Å². The molecule has 0 atom stereocenters. The quantitative estimate of drug-likeness (QED) is 0.354. The Balaban J connectivity index is 1.09.